The highest BCUT2D eigenvalue weighted by molar-refractivity contribution is 5.93. The Morgan fingerprint density at radius 2 is 2.31 bits per heavy atom. The van der Waals surface area contributed by atoms with Crippen molar-refractivity contribution in [2.75, 3.05) is 13.7 Å². The van der Waals surface area contributed by atoms with Gasteiger partial charge in [-0.2, -0.15) is 0 Å². The maximum Gasteiger partial charge on any atom is 0.354 e. The maximum atomic E-state index is 11.5. The molecule has 0 aliphatic heterocycles. The number of carbonyl (C=O) groups is 1. The van der Waals surface area contributed by atoms with Crippen LogP contribution in [0, 0.1) is 0 Å². The first-order valence-electron chi connectivity index (χ1n) is 4.94. The minimum Gasteiger partial charge on any atom is -0.495 e. The quantitative estimate of drug-likeness (QED) is 0.800. The van der Waals surface area contributed by atoms with E-state index in [1.54, 1.807) is 32.4 Å². The zero-order valence-electron chi connectivity index (χ0n) is 9.11. The number of rotatable bonds is 3. The molecule has 0 aromatic carbocycles. The van der Waals surface area contributed by atoms with E-state index in [-0.39, 0.29) is 5.97 Å². The number of hydrogen-bond donors (Lipinski definition) is 1. The van der Waals surface area contributed by atoms with Crippen LogP contribution in [0.25, 0.3) is 11.0 Å². The van der Waals surface area contributed by atoms with E-state index in [0.717, 1.165) is 5.52 Å². The number of carbonyl (C=O) groups excluding carboxylic acids is 1. The molecule has 1 N–H and O–H groups in total. The molecule has 0 saturated heterocycles. The molecular weight excluding hydrogens is 208 g/mol. The topological polar surface area (TPSA) is 64.2 Å². The molecule has 5 nitrogen and oxygen atoms in total. The van der Waals surface area contributed by atoms with Crippen molar-refractivity contribution in [1.29, 1.82) is 0 Å². The Labute approximate surface area is 92.4 Å². The van der Waals surface area contributed by atoms with Crippen molar-refractivity contribution in [3.05, 3.63) is 24.0 Å². The van der Waals surface area contributed by atoms with Gasteiger partial charge in [-0.25, -0.2) is 4.79 Å². The van der Waals surface area contributed by atoms with Gasteiger partial charge in [-0.3, -0.25) is 4.98 Å². The molecule has 2 heterocycles. The summed E-state index contributed by atoms with van der Waals surface area (Å²) in [6.07, 6.45) is 1.60. The zero-order valence-corrected chi connectivity index (χ0v) is 9.11. The molecule has 84 valence electrons. The third-order valence-corrected chi connectivity index (χ3v) is 2.17. The van der Waals surface area contributed by atoms with Crippen LogP contribution >= 0.6 is 0 Å². The first kappa shape index (κ1) is 10.5. The molecule has 0 aliphatic rings. The van der Waals surface area contributed by atoms with Crippen molar-refractivity contribution < 1.29 is 14.3 Å². The van der Waals surface area contributed by atoms with Crippen LogP contribution < -0.4 is 4.74 Å². The number of nitrogens with zero attached hydrogens (tertiary/aromatic N) is 1. The molecule has 0 atom stereocenters. The van der Waals surface area contributed by atoms with Crippen molar-refractivity contribution in [3.8, 4) is 5.75 Å². The van der Waals surface area contributed by atoms with Gasteiger partial charge >= 0.3 is 5.97 Å². The number of nitrogens with one attached hydrogen (secondary N) is 1. The van der Waals surface area contributed by atoms with Gasteiger partial charge in [0.05, 0.1) is 30.9 Å². The van der Waals surface area contributed by atoms with Gasteiger partial charge in [-0.05, 0) is 13.0 Å². The fourth-order valence-electron chi connectivity index (χ4n) is 1.42. The normalized spacial score (nSPS) is 10.4. The molecule has 2 aromatic rings. The smallest absolute Gasteiger partial charge is 0.354 e. The largest absolute Gasteiger partial charge is 0.495 e. The summed E-state index contributed by atoms with van der Waals surface area (Å²) < 4.78 is 9.93. The lowest BCUT2D eigenvalue weighted by molar-refractivity contribution is 0.0520. The molecule has 0 amide bonds. The van der Waals surface area contributed by atoms with E-state index in [9.17, 15) is 4.79 Å². The molecule has 0 unspecified atom stereocenters. The third kappa shape index (κ3) is 1.84. The first-order chi connectivity index (χ1) is 7.74. The van der Waals surface area contributed by atoms with E-state index in [1.807, 2.05) is 0 Å². The van der Waals surface area contributed by atoms with Gasteiger partial charge < -0.3 is 14.5 Å². The second-order valence-electron chi connectivity index (χ2n) is 3.21. The standard InChI is InChI=1S/C11H12N2O3/c1-3-16-11(14)10-5-8-9(13-10)4-7(15-2)6-12-8/h4-6,13H,3H2,1-2H3. The molecule has 16 heavy (non-hydrogen) atoms. The fourth-order valence-corrected chi connectivity index (χ4v) is 1.42. The van der Waals surface area contributed by atoms with Gasteiger partial charge in [0.2, 0.25) is 0 Å². The maximum absolute atomic E-state index is 11.5. The molecular formula is C11H12N2O3. The highest BCUT2D eigenvalue weighted by Crippen LogP contribution is 2.18. The highest BCUT2D eigenvalue weighted by Gasteiger charge is 2.11. The number of H-pyrrole nitrogens is 1. The van der Waals surface area contributed by atoms with Gasteiger partial charge in [-0.15, -0.1) is 0 Å². The van der Waals surface area contributed by atoms with Crippen molar-refractivity contribution in [1.82, 2.24) is 9.97 Å². The Morgan fingerprint density at radius 3 is 3.00 bits per heavy atom. The second-order valence-corrected chi connectivity index (χ2v) is 3.21. The molecule has 2 aromatic heterocycles. The summed E-state index contributed by atoms with van der Waals surface area (Å²) in [6, 6.07) is 3.44. The van der Waals surface area contributed by atoms with E-state index in [2.05, 4.69) is 9.97 Å². The van der Waals surface area contributed by atoms with Crippen LogP contribution in [0.15, 0.2) is 18.3 Å². The number of esters is 1. The summed E-state index contributed by atoms with van der Waals surface area (Å²) >= 11 is 0. The second kappa shape index (κ2) is 4.22. The van der Waals surface area contributed by atoms with Crippen LogP contribution in [0.4, 0.5) is 0 Å². The van der Waals surface area contributed by atoms with Crippen molar-refractivity contribution in [3.63, 3.8) is 0 Å². The molecule has 0 saturated carbocycles. The van der Waals surface area contributed by atoms with E-state index in [4.69, 9.17) is 9.47 Å². The predicted molar refractivity (Wildman–Crippen MR) is 58.6 cm³/mol. The predicted octanol–water partition coefficient (Wildman–Crippen LogP) is 1.75. The van der Waals surface area contributed by atoms with E-state index < -0.39 is 0 Å². The summed E-state index contributed by atoms with van der Waals surface area (Å²) in [5.74, 6) is 0.268. The Kier molecular flexibility index (Phi) is 2.76. The van der Waals surface area contributed by atoms with Crippen LogP contribution in [0.1, 0.15) is 17.4 Å². The van der Waals surface area contributed by atoms with Crippen LogP contribution in [0.2, 0.25) is 0 Å². The number of pyridine rings is 1. The van der Waals surface area contributed by atoms with Crippen molar-refractivity contribution in [2.45, 2.75) is 6.92 Å². The lowest BCUT2D eigenvalue weighted by Gasteiger charge is -1.97. The van der Waals surface area contributed by atoms with E-state index >= 15 is 0 Å². The average Bonchev–Trinajstić information content (AvgIpc) is 2.71. The number of aromatic amines is 1. The molecule has 0 fully saturated rings. The van der Waals surface area contributed by atoms with Gasteiger partial charge in [0.1, 0.15) is 11.4 Å². The number of ether oxygens (including phenoxy) is 2. The lowest BCUT2D eigenvalue weighted by Crippen LogP contribution is -2.04. The van der Waals surface area contributed by atoms with Gasteiger partial charge in [-0.1, -0.05) is 0 Å². The van der Waals surface area contributed by atoms with Gasteiger partial charge in [0.15, 0.2) is 0 Å². The fraction of sp³-hybridized carbons (Fsp3) is 0.273. The zero-order chi connectivity index (χ0) is 11.5. The lowest BCUT2D eigenvalue weighted by atomic mass is 10.3. The summed E-state index contributed by atoms with van der Waals surface area (Å²) in [6.45, 7) is 2.12. The molecule has 0 aliphatic carbocycles. The van der Waals surface area contributed by atoms with E-state index in [1.165, 1.54) is 0 Å². The number of aromatic nitrogens is 2. The van der Waals surface area contributed by atoms with Gasteiger partial charge in [0, 0.05) is 6.07 Å². The Bertz CT molecular complexity index is 519. The molecule has 2 rings (SSSR count). The van der Waals surface area contributed by atoms with Crippen molar-refractivity contribution in [2.24, 2.45) is 0 Å². The summed E-state index contributed by atoms with van der Waals surface area (Å²) in [4.78, 5) is 18.5. The average molecular weight is 220 g/mol. The molecule has 0 spiro atoms. The SMILES string of the molecule is CCOC(=O)c1cc2ncc(OC)cc2[nH]1. The van der Waals surface area contributed by atoms with E-state index in [0.29, 0.717) is 23.6 Å². The Morgan fingerprint density at radius 1 is 1.50 bits per heavy atom. The number of hydrogen-bond acceptors (Lipinski definition) is 4. The van der Waals surface area contributed by atoms with Crippen LogP contribution in [-0.4, -0.2) is 29.7 Å². The monoisotopic (exact) mass is 220 g/mol. The number of methoxy groups -OCH3 is 1. The Balaban J connectivity index is 2.39. The molecule has 5 heteroatoms. The summed E-state index contributed by atoms with van der Waals surface area (Å²) in [5.41, 5.74) is 1.86. The third-order valence-electron chi connectivity index (χ3n) is 2.17. The van der Waals surface area contributed by atoms with Crippen LogP contribution in [0.3, 0.4) is 0 Å². The summed E-state index contributed by atoms with van der Waals surface area (Å²) in [5, 5.41) is 0. The number of fused-ring (bicyclic) bond motifs is 1. The first-order valence-corrected chi connectivity index (χ1v) is 4.94. The minimum atomic E-state index is -0.375. The highest BCUT2D eigenvalue weighted by atomic mass is 16.5. The van der Waals surface area contributed by atoms with Crippen LogP contribution in [-0.2, 0) is 4.74 Å². The molecule has 0 bridgehead atoms. The van der Waals surface area contributed by atoms with Gasteiger partial charge in [0.25, 0.3) is 0 Å². The van der Waals surface area contributed by atoms with Crippen molar-refractivity contribution >= 4 is 17.0 Å². The Hall–Kier alpha value is -2.04. The van der Waals surface area contributed by atoms with Crippen LogP contribution in [0.5, 0.6) is 5.75 Å². The summed E-state index contributed by atoms with van der Waals surface area (Å²) in [7, 11) is 1.57. The minimum absolute atomic E-state index is 0.352. The molecule has 0 radical (unpaired) electrons.